The van der Waals surface area contributed by atoms with Crippen LogP contribution in [0.15, 0.2) is 40.0 Å². The molecular weight excluding hydrogens is 282 g/mol. The Labute approximate surface area is 116 Å². The molecule has 0 radical (unpaired) electrons. The first-order valence-electron chi connectivity index (χ1n) is 5.95. The molecule has 0 aliphatic rings. The highest BCUT2D eigenvalue weighted by molar-refractivity contribution is 7.92. The molecule has 0 spiro atoms. The second-order valence-corrected chi connectivity index (χ2v) is 5.46. The Balaban J connectivity index is 2.15. The predicted molar refractivity (Wildman–Crippen MR) is 72.8 cm³/mol. The van der Waals surface area contributed by atoms with E-state index in [0.717, 1.165) is 0 Å². The topological polar surface area (TPSA) is 107 Å². The van der Waals surface area contributed by atoms with E-state index in [2.05, 4.69) is 9.71 Å². The Morgan fingerprint density at radius 3 is 2.70 bits per heavy atom. The van der Waals surface area contributed by atoms with Crippen molar-refractivity contribution in [1.29, 1.82) is 0 Å². The van der Waals surface area contributed by atoms with Gasteiger partial charge in [0.05, 0.1) is 25.0 Å². The summed E-state index contributed by atoms with van der Waals surface area (Å²) in [7, 11) is -3.78. The minimum absolute atomic E-state index is 0.139. The van der Waals surface area contributed by atoms with Gasteiger partial charge in [-0.05, 0) is 25.1 Å². The van der Waals surface area contributed by atoms with E-state index in [1.54, 1.807) is 12.1 Å². The molecule has 0 saturated carbocycles. The van der Waals surface area contributed by atoms with E-state index >= 15 is 0 Å². The average Bonchev–Trinajstić information content (AvgIpc) is 2.91. The predicted octanol–water partition coefficient (Wildman–Crippen LogP) is 1.33. The van der Waals surface area contributed by atoms with Crippen molar-refractivity contribution in [2.75, 3.05) is 11.3 Å². The Morgan fingerprint density at radius 1 is 1.35 bits per heavy atom. The summed E-state index contributed by atoms with van der Waals surface area (Å²) in [5.41, 5.74) is 5.69. The lowest BCUT2D eigenvalue weighted by Crippen LogP contribution is -2.12. The van der Waals surface area contributed by atoms with Gasteiger partial charge in [0.15, 0.2) is 0 Å². The maximum Gasteiger partial charge on any atom is 0.295 e. The molecule has 0 atom stereocenters. The van der Waals surface area contributed by atoms with Crippen LogP contribution in [-0.4, -0.2) is 20.0 Å². The fourth-order valence-electron chi connectivity index (χ4n) is 1.49. The molecule has 0 aliphatic carbocycles. The van der Waals surface area contributed by atoms with E-state index in [1.165, 1.54) is 18.3 Å². The Morgan fingerprint density at radius 2 is 2.15 bits per heavy atom. The fraction of sp³-hybridized carbons (Fsp3) is 0.250. The second kappa shape index (κ2) is 5.93. The molecule has 0 amide bonds. The summed E-state index contributed by atoms with van der Waals surface area (Å²) in [5, 5.41) is -0.188. The van der Waals surface area contributed by atoms with Crippen LogP contribution in [-0.2, 0) is 16.6 Å². The van der Waals surface area contributed by atoms with Gasteiger partial charge in [-0.1, -0.05) is 0 Å². The highest BCUT2D eigenvalue weighted by atomic mass is 32.2. The van der Waals surface area contributed by atoms with Crippen molar-refractivity contribution in [3.8, 4) is 5.88 Å². The van der Waals surface area contributed by atoms with Crippen LogP contribution in [0.25, 0.3) is 0 Å². The van der Waals surface area contributed by atoms with Gasteiger partial charge in [0.1, 0.15) is 5.76 Å². The monoisotopic (exact) mass is 297 g/mol. The van der Waals surface area contributed by atoms with Crippen LogP contribution in [0.5, 0.6) is 5.88 Å². The molecule has 7 nitrogen and oxygen atoms in total. The standard InChI is InChI=1S/C12H15N3O4S/c1-2-18-11-5-3-9(8-14-11)15-20(16,17)12-6-4-10(7-13)19-12/h3-6,8,15H,2,7,13H2,1H3. The highest BCUT2D eigenvalue weighted by Crippen LogP contribution is 2.19. The molecule has 2 aromatic heterocycles. The van der Waals surface area contributed by atoms with Crippen molar-refractivity contribution < 1.29 is 17.6 Å². The molecule has 0 fully saturated rings. The number of hydrogen-bond donors (Lipinski definition) is 2. The van der Waals surface area contributed by atoms with Crippen molar-refractivity contribution in [3.05, 3.63) is 36.2 Å². The lowest BCUT2D eigenvalue weighted by atomic mass is 10.4. The zero-order valence-corrected chi connectivity index (χ0v) is 11.7. The molecular formula is C12H15N3O4S. The van der Waals surface area contributed by atoms with E-state index in [4.69, 9.17) is 14.9 Å². The van der Waals surface area contributed by atoms with Crippen LogP contribution in [0.2, 0.25) is 0 Å². The van der Waals surface area contributed by atoms with Crippen LogP contribution >= 0.6 is 0 Å². The van der Waals surface area contributed by atoms with E-state index in [-0.39, 0.29) is 11.6 Å². The molecule has 0 bridgehead atoms. The first kappa shape index (κ1) is 14.4. The van der Waals surface area contributed by atoms with Gasteiger partial charge in [0.2, 0.25) is 11.0 Å². The number of furan rings is 1. The largest absolute Gasteiger partial charge is 0.478 e. The SMILES string of the molecule is CCOc1ccc(NS(=O)(=O)c2ccc(CN)o2)cn1. The number of nitrogens with one attached hydrogen (secondary N) is 1. The van der Waals surface area contributed by atoms with Gasteiger partial charge in [-0.15, -0.1) is 0 Å². The molecule has 0 aliphatic heterocycles. The summed E-state index contributed by atoms with van der Waals surface area (Å²) < 4.78 is 36.7. The minimum Gasteiger partial charge on any atom is -0.478 e. The molecule has 2 aromatic rings. The molecule has 2 heterocycles. The Hall–Kier alpha value is -2.06. The molecule has 0 aromatic carbocycles. The summed E-state index contributed by atoms with van der Waals surface area (Å²) in [4.78, 5) is 3.97. The van der Waals surface area contributed by atoms with Crippen LogP contribution in [0, 0.1) is 0 Å². The highest BCUT2D eigenvalue weighted by Gasteiger charge is 2.18. The van der Waals surface area contributed by atoms with Gasteiger partial charge < -0.3 is 14.9 Å². The molecule has 3 N–H and O–H groups in total. The number of hydrogen-bond acceptors (Lipinski definition) is 6. The summed E-state index contributed by atoms with van der Waals surface area (Å²) in [5.74, 6) is 0.828. The maximum absolute atomic E-state index is 12.0. The Bertz CT molecular complexity index is 664. The number of nitrogens with two attached hydrogens (primary N) is 1. The quantitative estimate of drug-likeness (QED) is 0.833. The third-order valence-corrected chi connectivity index (χ3v) is 3.64. The summed E-state index contributed by atoms with van der Waals surface area (Å²) in [6.07, 6.45) is 1.37. The number of rotatable bonds is 6. The van der Waals surface area contributed by atoms with Crippen LogP contribution in [0.1, 0.15) is 12.7 Å². The lowest BCUT2D eigenvalue weighted by Gasteiger charge is -2.06. The maximum atomic E-state index is 12.0. The first-order valence-corrected chi connectivity index (χ1v) is 7.44. The molecule has 2 rings (SSSR count). The number of anilines is 1. The molecule has 20 heavy (non-hydrogen) atoms. The van der Waals surface area contributed by atoms with Crippen molar-refractivity contribution >= 4 is 15.7 Å². The first-order chi connectivity index (χ1) is 9.55. The number of ether oxygens (including phenoxy) is 1. The van der Waals surface area contributed by atoms with Gasteiger partial charge in [-0.25, -0.2) is 4.98 Å². The lowest BCUT2D eigenvalue weighted by molar-refractivity contribution is 0.327. The molecule has 108 valence electrons. The zero-order chi connectivity index (χ0) is 14.6. The van der Waals surface area contributed by atoms with Gasteiger partial charge in [0, 0.05) is 6.07 Å². The van der Waals surface area contributed by atoms with Gasteiger partial charge in [0.25, 0.3) is 10.0 Å². The van der Waals surface area contributed by atoms with Gasteiger partial charge in [-0.3, -0.25) is 4.72 Å². The third kappa shape index (κ3) is 3.28. The number of sulfonamides is 1. The second-order valence-electron chi connectivity index (χ2n) is 3.85. The normalized spacial score (nSPS) is 11.3. The van der Waals surface area contributed by atoms with E-state index < -0.39 is 10.0 Å². The molecule has 8 heteroatoms. The summed E-state index contributed by atoms with van der Waals surface area (Å²) in [6, 6.07) is 6.01. The fourth-order valence-corrected chi connectivity index (χ4v) is 2.49. The smallest absolute Gasteiger partial charge is 0.295 e. The van der Waals surface area contributed by atoms with Crippen LogP contribution in [0.4, 0.5) is 5.69 Å². The van der Waals surface area contributed by atoms with Gasteiger partial charge in [-0.2, -0.15) is 8.42 Å². The van der Waals surface area contributed by atoms with Crippen molar-refractivity contribution in [2.24, 2.45) is 5.73 Å². The van der Waals surface area contributed by atoms with Crippen LogP contribution in [0.3, 0.4) is 0 Å². The van der Waals surface area contributed by atoms with Crippen molar-refractivity contribution in [1.82, 2.24) is 4.98 Å². The summed E-state index contributed by atoms with van der Waals surface area (Å²) in [6.45, 7) is 2.47. The third-order valence-electron chi connectivity index (χ3n) is 2.38. The molecule has 0 saturated heterocycles. The van der Waals surface area contributed by atoms with Crippen molar-refractivity contribution in [2.45, 2.75) is 18.6 Å². The zero-order valence-electron chi connectivity index (χ0n) is 10.9. The number of nitrogens with zero attached hydrogens (tertiary/aromatic N) is 1. The van der Waals surface area contributed by atoms with Gasteiger partial charge >= 0.3 is 0 Å². The molecule has 0 unspecified atom stereocenters. The van der Waals surface area contributed by atoms with E-state index in [1.807, 2.05) is 6.92 Å². The van der Waals surface area contributed by atoms with E-state index in [0.29, 0.717) is 23.9 Å². The summed E-state index contributed by atoms with van der Waals surface area (Å²) >= 11 is 0. The minimum atomic E-state index is -3.78. The Kier molecular flexibility index (Phi) is 4.26. The number of pyridine rings is 1. The van der Waals surface area contributed by atoms with Crippen molar-refractivity contribution in [3.63, 3.8) is 0 Å². The van der Waals surface area contributed by atoms with Crippen LogP contribution < -0.4 is 15.2 Å². The van der Waals surface area contributed by atoms with E-state index in [9.17, 15) is 8.42 Å². The number of aromatic nitrogens is 1. The average molecular weight is 297 g/mol.